The highest BCUT2D eigenvalue weighted by atomic mass is 16.2. The molecule has 1 rings (SSSR count). The number of amides is 2. The highest BCUT2D eigenvalue weighted by Gasteiger charge is 2.14. The van der Waals surface area contributed by atoms with Crippen molar-refractivity contribution in [2.75, 3.05) is 5.32 Å². The van der Waals surface area contributed by atoms with E-state index in [1.165, 1.54) is 5.56 Å². The predicted molar refractivity (Wildman–Crippen MR) is 81.7 cm³/mol. The maximum Gasteiger partial charge on any atom is 0.319 e. The molecule has 106 valence electrons. The molecule has 19 heavy (non-hydrogen) atoms. The summed E-state index contributed by atoms with van der Waals surface area (Å²) >= 11 is 0. The first kappa shape index (κ1) is 15.5. The maximum atomic E-state index is 12.0. The number of benzene rings is 1. The molecule has 0 aliphatic rings. The largest absolute Gasteiger partial charge is 0.335 e. The fraction of sp³-hybridized carbons (Fsp3) is 0.562. The van der Waals surface area contributed by atoms with Gasteiger partial charge in [-0.3, -0.25) is 0 Å². The monoisotopic (exact) mass is 262 g/mol. The minimum atomic E-state index is -0.127. The molecule has 2 amide bonds. The van der Waals surface area contributed by atoms with E-state index in [-0.39, 0.29) is 12.1 Å². The zero-order chi connectivity index (χ0) is 14.6. The van der Waals surface area contributed by atoms with Crippen molar-refractivity contribution in [2.24, 2.45) is 5.92 Å². The molecular formula is C16H26N2O. The van der Waals surface area contributed by atoms with Crippen LogP contribution in [0.3, 0.4) is 0 Å². The van der Waals surface area contributed by atoms with Crippen LogP contribution in [0.2, 0.25) is 0 Å². The Morgan fingerprint density at radius 3 is 2.26 bits per heavy atom. The van der Waals surface area contributed by atoms with Crippen LogP contribution in [-0.4, -0.2) is 12.1 Å². The molecule has 0 aromatic heterocycles. The van der Waals surface area contributed by atoms with E-state index < -0.39 is 0 Å². The minimum absolute atomic E-state index is 0.127. The van der Waals surface area contributed by atoms with Crippen molar-refractivity contribution in [3.63, 3.8) is 0 Å². The SMILES string of the molecule is Cc1cccc(C(C)C)c1NC(=O)N[C@@H](C)C(C)C. The second-order valence-corrected chi connectivity index (χ2v) is 5.82. The summed E-state index contributed by atoms with van der Waals surface area (Å²) in [6.07, 6.45) is 0. The van der Waals surface area contributed by atoms with E-state index in [1.807, 2.05) is 26.0 Å². The van der Waals surface area contributed by atoms with Crippen molar-refractivity contribution in [3.05, 3.63) is 29.3 Å². The van der Waals surface area contributed by atoms with Gasteiger partial charge in [0.15, 0.2) is 0 Å². The summed E-state index contributed by atoms with van der Waals surface area (Å²) < 4.78 is 0. The molecule has 0 radical (unpaired) electrons. The number of carbonyl (C=O) groups excluding carboxylic acids is 1. The van der Waals surface area contributed by atoms with Gasteiger partial charge >= 0.3 is 6.03 Å². The lowest BCUT2D eigenvalue weighted by molar-refractivity contribution is 0.246. The first-order valence-corrected chi connectivity index (χ1v) is 7.00. The number of urea groups is 1. The molecule has 1 aromatic carbocycles. The van der Waals surface area contributed by atoms with Crippen LogP contribution in [-0.2, 0) is 0 Å². The topological polar surface area (TPSA) is 41.1 Å². The number of hydrogen-bond donors (Lipinski definition) is 2. The Labute approximate surface area is 116 Å². The zero-order valence-corrected chi connectivity index (χ0v) is 12.9. The molecular weight excluding hydrogens is 236 g/mol. The van der Waals surface area contributed by atoms with Gasteiger partial charge in [-0.15, -0.1) is 0 Å². The van der Waals surface area contributed by atoms with Crippen LogP contribution in [0.15, 0.2) is 18.2 Å². The average molecular weight is 262 g/mol. The Balaban J connectivity index is 2.85. The lowest BCUT2D eigenvalue weighted by Crippen LogP contribution is -2.39. The summed E-state index contributed by atoms with van der Waals surface area (Å²) in [6, 6.07) is 6.15. The Morgan fingerprint density at radius 1 is 1.11 bits per heavy atom. The number of rotatable bonds is 4. The van der Waals surface area contributed by atoms with Crippen molar-refractivity contribution in [1.29, 1.82) is 0 Å². The molecule has 2 N–H and O–H groups in total. The second-order valence-electron chi connectivity index (χ2n) is 5.82. The summed E-state index contributed by atoms with van der Waals surface area (Å²) in [5, 5.41) is 5.97. The number of anilines is 1. The van der Waals surface area contributed by atoms with Gasteiger partial charge in [0.2, 0.25) is 0 Å². The standard InChI is InChI=1S/C16H26N2O/c1-10(2)13(6)17-16(19)18-15-12(5)8-7-9-14(15)11(3)4/h7-11,13H,1-6H3,(H2,17,18,19)/t13-/m0/s1. The summed E-state index contributed by atoms with van der Waals surface area (Å²) in [7, 11) is 0. The highest BCUT2D eigenvalue weighted by molar-refractivity contribution is 5.91. The second kappa shape index (κ2) is 6.60. The van der Waals surface area contributed by atoms with Gasteiger partial charge < -0.3 is 10.6 Å². The van der Waals surface area contributed by atoms with Crippen LogP contribution in [0.25, 0.3) is 0 Å². The molecule has 1 aromatic rings. The lowest BCUT2D eigenvalue weighted by Gasteiger charge is -2.20. The van der Waals surface area contributed by atoms with E-state index in [0.717, 1.165) is 11.3 Å². The van der Waals surface area contributed by atoms with E-state index in [2.05, 4.69) is 44.4 Å². The third kappa shape index (κ3) is 4.27. The van der Waals surface area contributed by atoms with Gasteiger partial charge in [-0.25, -0.2) is 4.79 Å². The molecule has 0 heterocycles. The Morgan fingerprint density at radius 2 is 1.74 bits per heavy atom. The summed E-state index contributed by atoms with van der Waals surface area (Å²) in [5.41, 5.74) is 3.21. The van der Waals surface area contributed by atoms with E-state index in [9.17, 15) is 4.79 Å². The summed E-state index contributed by atoms with van der Waals surface area (Å²) in [4.78, 5) is 12.0. The average Bonchev–Trinajstić information content (AvgIpc) is 2.31. The van der Waals surface area contributed by atoms with Crippen molar-refractivity contribution in [2.45, 2.75) is 53.5 Å². The van der Waals surface area contributed by atoms with Crippen LogP contribution in [0.1, 0.15) is 51.7 Å². The predicted octanol–water partition coefficient (Wildman–Crippen LogP) is 4.28. The molecule has 0 unspecified atom stereocenters. The smallest absolute Gasteiger partial charge is 0.319 e. The molecule has 0 fully saturated rings. The van der Waals surface area contributed by atoms with Crippen molar-refractivity contribution >= 4 is 11.7 Å². The van der Waals surface area contributed by atoms with Crippen LogP contribution < -0.4 is 10.6 Å². The van der Waals surface area contributed by atoms with E-state index in [4.69, 9.17) is 0 Å². The fourth-order valence-electron chi connectivity index (χ4n) is 1.87. The minimum Gasteiger partial charge on any atom is -0.335 e. The third-order valence-electron chi connectivity index (χ3n) is 3.52. The van der Waals surface area contributed by atoms with Gasteiger partial charge in [0, 0.05) is 11.7 Å². The maximum absolute atomic E-state index is 12.0. The Hall–Kier alpha value is -1.51. The van der Waals surface area contributed by atoms with Crippen molar-refractivity contribution in [3.8, 4) is 0 Å². The van der Waals surface area contributed by atoms with Crippen LogP contribution >= 0.6 is 0 Å². The van der Waals surface area contributed by atoms with E-state index in [1.54, 1.807) is 0 Å². The van der Waals surface area contributed by atoms with Gasteiger partial charge in [-0.05, 0) is 36.8 Å². The molecule has 3 heteroatoms. The number of aryl methyl sites for hydroxylation is 1. The highest BCUT2D eigenvalue weighted by Crippen LogP contribution is 2.27. The van der Waals surface area contributed by atoms with Gasteiger partial charge in [0.1, 0.15) is 0 Å². The Bertz CT molecular complexity index is 438. The van der Waals surface area contributed by atoms with Crippen molar-refractivity contribution < 1.29 is 4.79 Å². The molecule has 0 aliphatic carbocycles. The zero-order valence-electron chi connectivity index (χ0n) is 12.9. The Kier molecular flexibility index (Phi) is 5.40. The normalized spacial score (nSPS) is 12.6. The van der Waals surface area contributed by atoms with Gasteiger partial charge in [-0.1, -0.05) is 45.9 Å². The number of para-hydroxylation sites is 1. The van der Waals surface area contributed by atoms with E-state index >= 15 is 0 Å². The molecule has 1 atom stereocenters. The first-order valence-electron chi connectivity index (χ1n) is 7.00. The van der Waals surface area contributed by atoms with Crippen LogP contribution in [0.4, 0.5) is 10.5 Å². The van der Waals surface area contributed by atoms with Gasteiger partial charge in [-0.2, -0.15) is 0 Å². The molecule has 0 saturated heterocycles. The lowest BCUT2D eigenvalue weighted by atomic mass is 9.98. The van der Waals surface area contributed by atoms with E-state index in [0.29, 0.717) is 11.8 Å². The number of carbonyl (C=O) groups is 1. The molecule has 0 aliphatic heterocycles. The van der Waals surface area contributed by atoms with Crippen molar-refractivity contribution in [1.82, 2.24) is 5.32 Å². The quantitative estimate of drug-likeness (QED) is 0.835. The van der Waals surface area contributed by atoms with Gasteiger partial charge in [0.25, 0.3) is 0 Å². The number of nitrogens with one attached hydrogen (secondary N) is 2. The third-order valence-corrected chi connectivity index (χ3v) is 3.52. The van der Waals surface area contributed by atoms with Crippen LogP contribution in [0, 0.1) is 12.8 Å². The van der Waals surface area contributed by atoms with Crippen LogP contribution in [0.5, 0.6) is 0 Å². The first-order chi connectivity index (χ1) is 8.82. The fourth-order valence-corrected chi connectivity index (χ4v) is 1.87. The molecule has 0 spiro atoms. The summed E-state index contributed by atoms with van der Waals surface area (Å²) in [5.74, 6) is 0.810. The molecule has 0 bridgehead atoms. The molecule has 0 saturated carbocycles. The number of hydrogen-bond acceptors (Lipinski definition) is 1. The summed E-state index contributed by atoms with van der Waals surface area (Å²) in [6.45, 7) is 12.5. The van der Waals surface area contributed by atoms with Gasteiger partial charge in [0.05, 0.1) is 0 Å². The molecule has 3 nitrogen and oxygen atoms in total.